The molecule has 1 heterocycles. The molecule has 2 nitrogen and oxygen atoms in total. The Morgan fingerprint density at radius 1 is 1.33 bits per heavy atom. The highest BCUT2D eigenvalue weighted by Gasteiger charge is 2.30. The number of hydrogen-bond donors (Lipinski definition) is 1. The molecule has 2 N–H and O–H groups in total. The lowest BCUT2D eigenvalue weighted by Crippen LogP contribution is -2.18. The van der Waals surface area contributed by atoms with E-state index in [2.05, 4.69) is 19.1 Å². The number of para-hydroxylation sites is 1. The Morgan fingerprint density at radius 3 is 2.89 bits per heavy atom. The summed E-state index contributed by atoms with van der Waals surface area (Å²) in [5.74, 6) is 2.42. The van der Waals surface area contributed by atoms with E-state index in [0.717, 1.165) is 22.6 Å². The average Bonchev–Trinajstić information content (AvgIpc) is 3.04. The molecule has 1 aromatic heterocycles. The third-order valence-electron chi connectivity index (χ3n) is 4.44. The number of hydrogen-bond acceptors (Lipinski definition) is 2. The van der Waals surface area contributed by atoms with E-state index in [4.69, 9.17) is 10.2 Å². The fourth-order valence-electron chi connectivity index (χ4n) is 3.21. The summed E-state index contributed by atoms with van der Waals surface area (Å²) in [5, 5.41) is 1.16. The predicted octanol–water partition coefficient (Wildman–Crippen LogP) is 4.26. The monoisotopic (exact) mass is 243 g/mol. The normalized spacial score (nSPS) is 25.7. The van der Waals surface area contributed by atoms with Gasteiger partial charge in [-0.1, -0.05) is 38.0 Å². The van der Waals surface area contributed by atoms with Gasteiger partial charge in [-0.25, -0.2) is 0 Å². The molecule has 96 valence electrons. The Hall–Kier alpha value is -1.28. The summed E-state index contributed by atoms with van der Waals surface area (Å²) in [4.78, 5) is 0. The molecule has 3 rings (SSSR count). The molecular formula is C16H21NO. The van der Waals surface area contributed by atoms with Gasteiger partial charge in [0.1, 0.15) is 11.3 Å². The summed E-state index contributed by atoms with van der Waals surface area (Å²) < 4.78 is 5.89. The van der Waals surface area contributed by atoms with E-state index in [-0.39, 0.29) is 6.04 Å². The van der Waals surface area contributed by atoms with Crippen LogP contribution in [-0.4, -0.2) is 0 Å². The Balaban J connectivity index is 1.81. The lowest BCUT2D eigenvalue weighted by atomic mass is 9.95. The zero-order valence-corrected chi connectivity index (χ0v) is 10.9. The first-order valence-corrected chi connectivity index (χ1v) is 7.02. The van der Waals surface area contributed by atoms with Gasteiger partial charge in [0.15, 0.2) is 0 Å². The number of furan rings is 1. The van der Waals surface area contributed by atoms with E-state index < -0.39 is 0 Å². The smallest absolute Gasteiger partial charge is 0.134 e. The van der Waals surface area contributed by atoms with E-state index in [1.807, 2.05) is 18.2 Å². The Labute approximate surface area is 108 Å². The summed E-state index contributed by atoms with van der Waals surface area (Å²) in [7, 11) is 0. The average molecular weight is 243 g/mol. The second-order valence-corrected chi connectivity index (χ2v) is 5.56. The van der Waals surface area contributed by atoms with Gasteiger partial charge in [0.05, 0.1) is 6.04 Å². The molecule has 1 fully saturated rings. The van der Waals surface area contributed by atoms with Crippen LogP contribution in [0.1, 0.15) is 44.4 Å². The minimum absolute atomic E-state index is 0.0638. The number of rotatable bonds is 3. The molecule has 0 saturated heterocycles. The minimum Gasteiger partial charge on any atom is -0.459 e. The third kappa shape index (κ3) is 2.05. The van der Waals surface area contributed by atoms with Crippen molar-refractivity contribution >= 4 is 11.0 Å². The second-order valence-electron chi connectivity index (χ2n) is 5.56. The molecule has 0 amide bonds. The van der Waals surface area contributed by atoms with Crippen molar-refractivity contribution in [3.8, 4) is 0 Å². The summed E-state index contributed by atoms with van der Waals surface area (Å²) in [6, 6.07) is 10.3. The second kappa shape index (κ2) is 4.77. The molecular weight excluding hydrogens is 222 g/mol. The van der Waals surface area contributed by atoms with Crippen LogP contribution in [0.3, 0.4) is 0 Å². The lowest BCUT2D eigenvalue weighted by molar-refractivity contribution is 0.366. The van der Waals surface area contributed by atoms with Crippen molar-refractivity contribution in [3.05, 3.63) is 36.1 Å². The molecule has 1 saturated carbocycles. The highest BCUT2D eigenvalue weighted by molar-refractivity contribution is 5.77. The Morgan fingerprint density at radius 2 is 2.17 bits per heavy atom. The van der Waals surface area contributed by atoms with Crippen molar-refractivity contribution in [2.24, 2.45) is 17.6 Å². The van der Waals surface area contributed by atoms with Gasteiger partial charge in [0.2, 0.25) is 0 Å². The van der Waals surface area contributed by atoms with Crippen molar-refractivity contribution < 1.29 is 4.42 Å². The summed E-state index contributed by atoms with van der Waals surface area (Å²) in [5.41, 5.74) is 7.34. The SMILES string of the molecule is CCC1CCC(C(N)c2cc3ccccc3o2)C1. The van der Waals surface area contributed by atoms with Gasteiger partial charge in [-0.15, -0.1) is 0 Å². The van der Waals surface area contributed by atoms with Gasteiger partial charge < -0.3 is 10.2 Å². The van der Waals surface area contributed by atoms with Crippen molar-refractivity contribution in [2.75, 3.05) is 0 Å². The van der Waals surface area contributed by atoms with E-state index in [1.54, 1.807) is 0 Å². The van der Waals surface area contributed by atoms with Crippen molar-refractivity contribution in [2.45, 2.75) is 38.6 Å². The number of benzene rings is 1. The highest BCUT2D eigenvalue weighted by atomic mass is 16.3. The zero-order valence-electron chi connectivity index (χ0n) is 10.9. The zero-order chi connectivity index (χ0) is 12.5. The first-order chi connectivity index (χ1) is 8.78. The maximum absolute atomic E-state index is 6.39. The van der Waals surface area contributed by atoms with Crippen LogP contribution in [0.5, 0.6) is 0 Å². The molecule has 0 radical (unpaired) electrons. The van der Waals surface area contributed by atoms with Crippen molar-refractivity contribution in [1.29, 1.82) is 0 Å². The fraction of sp³-hybridized carbons (Fsp3) is 0.500. The van der Waals surface area contributed by atoms with Crippen molar-refractivity contribution in [3.63, 3.8) is 0 Å². The van der Waals surface area contributed by atoms with Crippen LogP contribution < -0.4 is 5.73 Å². The Bertz CT molecular complexity index is 498. The van der Waals surface area contributed by atoms with E-state index in [0.29, 0.717) is 5.92 Å². The molecule has 0 spiro atoms. The maximum atomic E-state index is 6.39. The topological polar surface area (TPSA) is 39.2 Å². The number of fused-ring (bicyclic) bond motifs is 1. The van der Waals surface area contributed by atoms with Gasteiger partial charge >= 0.3 is 0 Å². The summed E-state index contributed by atoms with van der Waals surface area (Å²) >= 11 is 0. The summed E-state index contributed by atoms with van der Waals surface area (Å²) in [6.45, 7) is 2.28. The first-order valence-electron chi connectivity index (χ1n) is 7.02. The molecule has 3 atom stereocenters. The van der Waals surface area contributed by atoms with Crippen LogP contribution in [-0.2, 0) is 0 Å². The van der Waals surface area contributed by atoms with E-state index in [9.17, 15) is 0 Å². The van der Waals surface area contributed by atoms with Crippen LogP contribution in [0.15, 0.2) is 34.7 Å². The molecule has 1 aliphatic rings. The van der Waals surface area contributed by atoms with Gasteiger partial charge in [-0.05, 0) is 36.8 Å². The molecule has 1 aromatic carbocycles. The quantitative estimate of drug-likeness (QED) is 0.874. The molecule has 18 heavy (non-hydrogen) atoms. The largest absolute Gasteiger partial charge is 0.459 e. The molecule has 0 aliphatic heterocycles. The van der Waals surface area contributed by atoms with Crippen LogP contribution in [0.4, 0.5) is 0 Å². The molecule has 3 unspecified atom stereocenters. The molecule has 2 aromatic rings. The maximum Gasteiger partial charge on any atom is 0.134 e. The van der Waals surface area contributed by atoms with Gasteiger partial charge in [0.25, 0.3) is 0 Å². The summed E-state index contributed by atoms with van der Waals surface area (Å²) in [6.07, 6.45) is 5.11. The Kier molecular flexibility index (Phi) is 3.13. The standard InChI is InChI=1S/C16H21NO/c1-2-11-7-8-13(9-11)16(17)15-10-12-5-3-4-6-14(12)18-15/h3-6,10-11,13,16H,2,7-9,17H2,1H3. The highest BCUT2D eigenvalue weighted by Crippen LogP contribution is 2.40. The van der Waals surface area contributed by atoms with Crippen LogP contribution >= 0.6 is 0 Å². The van der Waals surface area contributed by atoms with Gasteiger partial charge in [0, 0.05) is 5.39 Å². The van der Waals surface area contributed by atoms with Crippen LogP contribution in [0.25, 0.3) is 11.0 Å². The lowest BCUT2D eigenvalue weighted by Gasteiger charge is -2.16. The van der Waals surface area contributed by atoms with Crippen molar-refractivity contribution in [1.82, 2.24) is 0 Å². The first kappa shape index (κ1) is 11.8. The molecule has 0 bridgehead atoms. The van der Waals surface area contributed by atoms with Crippen LogP contribution in [0, 0.1) is 11.8 Å². The molecule has 1 aliphatic carbocycles. The number of nitrogens with two attached hydrogens (primary N) is 1. The predicted molar refractivity (Wildman–Crippen MR) is 74.3 cm³/mol. The van der Waals surface area contributed by atoms with Crippen LogP contribution in [0.2, 0.25) is 0 Å². The third-order valence-corrected chi connectivity index (χ3v) is 4.44. The molecule has 2 heteroatoms. The van der Waals surface area contributed by atoms with Gasteiger partial charge in [-0.2, -0.15) is 0 Å². The van der Waals surface area contributed by atoms with E-state index >= 15 is 0 Å². The fourth-order valence-corrected chi connectivity index (χ4v) is 3.21. The van der Waals surface area contributed by atoms with E-state index in [1.165, 1.54) is 25.7 Å². The minimum atomic E-state index is 0.0638. The van der Waals surface area contributed by atoms with Gasteiger partial charge in [-0.3, -0.25) is 0 Å².